The first kappa shape index (κ1) is 15.7. The average molecular weight is 306 g/mol. The summed E-state index contributed by atoms with van der Waals surface area (Å²) < 4.78 is 72.6. The summed E-state index contributed by atoms with van der Waals surface area (Å²) in [5.74, 6) is -3.36. The molecule has 1 rings (SSSR count). The Balaban J connectivity index is 3.07. The van der Waals surface area contributed by atoms with Gasteiger partial charge in [0.05, 0.1) is 6.61 Å². The van der Waals surface area contributed by atoms with Crippen molar-refractivity contribution in [3.63, 3.8) is 0 Å². The van der Waals surface area contributed by atoms with Crippen molar-refractivity contribution in [1.29, 1.82) is 0 Å². The second-order valence-electron chi connectivity index (χ2n) is 3.86. The molecule has 0 spiro atoms. The third kappa shape index (κ3) is 2.66. The lowest BCUT2D eigenvalue weighted by Gasteiger charge is -2.27. The van der Waals surface area contributed by atoms with Gasteiger partial charge in [0.15, 0.2) is 0 Å². The topological polar surface area (TPSA) is 107 Å². The Morgan fingerprint density at radius 1 is 1.47 bits per heavy atom. The Bertz CT molecular complexity index is 497. The van der Waals surface area contributed by atoms with Crippen LogP contribution < -0.4 is 0 Å². The molecule has 2 unspecified atom stereocenters. The molecule has 1 saturated heterocycles. The molecule has 0 amide bonds. The number of hydrogen-bond acceptors (Lipinski definition) is 6. The molecule has 1 aliphatic heterocycles. The highest BCUT2D eigenvalue weighted by Gasteiger charge is 2.67. The highest BCUT2D eigenvalue weighted by Crippen LogP contribution is 2.38. The van der Waals surface area contributed by atoms with Crippen molar-refractivity contribution in [1.82, 2.24) is 0 Å². The summed E-state index contributed by atoms with van der Waals surface area (Å²) in [5.41, 5.74) is 0. The van der Waals surface area contributed by atoms with Crippen LogP contribution in [0, 0.1) is 0 Å². The molecule has 7 nitrogen and oxygen atoms in total. The SMILES string of the molecule is CC(C(=O)OC1CCOC1=O)(C(F)(F)F)S(=O)(=O)O. The number of carbonyl (C=O) groups excluding carboxylic acids is 2. The summed E-state index contributed by atoms with van der Waals surface area (Å²) in [7, 11) is -5.83. The van der Waals surface area contributed by atoms with Crippen LogP contribution in [0.1, 0.15) is 13.3 Å². The maximum atomic E-state index is 12.7. The number of hydrogen-bond donors (Lipinski definition) is 1. The maximum absolute atomic E-state index is 12.7. The zero-order valence-electron chi connectivity index (χ0n) is 9.43. The van der Waals surface area contributed by atoms with Crippen molar-refractivity contribution in [2.75, 3.05) is 6.61 Å². The monoisotopic (exact) mass is 306 g/mol. The smallest absolute Gasteiger partial charge is 0.421 e. The lowest BCUT2D eigenvalue weighted by Crippen LogP contribution is -2.56. The summed E-state index contributed by atoms with van der Waals surface area (Å²) >= 11 is 0. The van der Waals surface area contributed by atoms with E-state index in [0.717, 1.165) is 0 Å². The predicted octanol–water partition coefficient (Wildman–Crippen LogP) is 0.0539. The van der Waals surface area contributed by atoms with Crippen LogP contribution >= 0.6 is 0 Å². The Labute approximate surface area is 105 Å². The second-order valence-corrected chi connectivity index (χ2v) is 5.62. The van der Waals surface area contributed by atoms with Crippen molar-refractivity contribution in [3.8, 4) is 0 Å². The third-order valence-corrected chi connectivity index (χ3v) is 4.01. The molecule has 1 N–H and O–H groups in total. The summed E-state index contributed by atoms with van der Waals surface area (Å²) in [6, 6.07) is 0. The van der Waals surface area contributed by atoms with Gasteiger partial charge in [0.2, 0.25) is 6.10 Å². The van der Waals surface area contributed by atoms with E-state index in [1.165, 1.54) is 0 Å². The lowest BCUT2D eigenvalue weighted by molar-refractivity contribution is -0.192. The number of halogens is 3. The summed E-state index contributed by atoms with van der Waals surface area (Å²) in [6.45, 7) is -0.212. The van der Waals surface area contributed by atoms with Crippen molar-refractivity contribution >= 4 is 22.1 Å². The zero-order chi connectivity index (χ0) is 15.1. The Kier molecular flexibility index (Phi) is 3.83. The van der Waals surface area contributed by atoms with E-state index >= 15 is 0 Å². The van der Waals surface area contributed by atoms with Gasteiger partial charge in [-0.05, 0) is 6.92 Å². The molecule has 0 aromatic heterocycles. The number of esters is 2. The van der Waals surface area contributed by atoms with Gasteiger partial charge in [-0.15, -0.1) is 0 Å². The van der Waals surface area contributed by atoms with Crippen LogP contribution in [-0.2, 0) is 29.2 Å². The Morgan fingerprint density at radius 2 is 2.00 bits per heavy atom. The van der Waals surface area contributed by atoms with E-state index in [1.807, 2.05) is 0 Å². The average Bonchev–Trinajstić information content (AvgIpc) is 2.59. The molecule has 0 aromatic carbocycles. The largest absolute Gasteiger partial charge is 0.463 e. The molecule has 11 heteroatoms. The molecule has 0 aromatic rings. The number of ether oxygens (including phenoxy) is 2. The molecule has 1 heterocycles. The van der Waals surface area contributed by atoms with Gasteiger partial charge >= 0.3 is 18.1 Å². The van der Waals surface area contributed by atoms with Crippen LogP contribution in [0.15, 0.2) is 0 Å². The first-order valence-corrected chi connectivity index (χ1v) is 6.26. The van der Waals surface area contributed by atoms with Crippen molar-refractivity contribution in [2.45, 2.75) is 30.4 Å². The van der Waals surface area contributed by atoms with Crippen LogP contribution in [-0.4, -0.2) is 48.5 Å². The van der Waals surface area contributed by atoms with Crippen LogP contribution in [0.3, 0.4) is 0 Å². The first-order valence-electron chi connectivity index (χ1n) is 4.82. The molecular formula is C8H9F3O7S. The van der Waals surface area contributed by atoms with E-state index in [-0.39, 0.29) is 20.0 Å². The number of alkyl halides is 3. The van der Waals surface area contributed by atoms with Crippen molar-refractivity contribution in [3.05, 3.63) is 0 Å². The Hall–Kier alpha value is -1.36. The van der Waals surface area contributed by atoms with Gasteiger partial charge in [-0.25, -0.2) is 9.59 Å². The van der Waals surface area contributed by atoms with E-state index in [4.69, 9.17) is 4.55 Å². The fraction of sp³-hybridized carbons (Fsp3) is 0.750. The van der Waals surface area contributed by atoms with E-state index in [1.54, 1.807) is 0 Å². The van der Waals surface area contributed by atoms with E-state index in [9.17, 15) is 31.2 Å². The van der Waals surface area contributed by atoms with Gasteiger partial charge in [0.25, 0.3) is 14.9 Å². The quantitative estimate of drug-likeness (QED) is 0.580. The number of cyclic esters (lactones) is 1. The minimum Gasteiger partial charge on any atom is -0.463 e. The van der Waals surface area contributed by atoms with Gasteiger partial charge in [-0.2, -0.15) is 21.6 Å². The second kappa shape index (κ2) is 4.63. The molecule has 1 fully saturated rings. The first-order chi connectivity index (χ1) is 8.41. The zero-order valence-corrected chi connectivity index (χ0v) is 10.2. The van der Waals surface area contributed by atoms with Gasteiger partial charge in [-0.1, -0.05) is 0 Å². The highest BCUT2D eigenvalue weighted by molar-refractivity contribution is 7.88. The van der Waals surface area contributed by atoms with Gasteiger partial charge in [0, 0.05) is 6.42 Å². The van der Waals surface area contributed by atoms with Gasteiger partial charge in [0.1, 0.15) is 0 Å². The van der Waals surface area contributed by atoms with E-state index in [0.29, 0.717) is 0 Å². The van der Waals surface area contributed by atoms with Gasteiger partial charge in [-0.3, -0.25) is 4.55 Å². The molecular weight excluding hydrogens is 297 g/mol. The van der Waals surface area contributed by atoms with Crippen LogP contribution in [0.5, 0.6) is 0 Å². The normalized spacial score (nSPS) is 23.6. The molecule has 2 atom stereocenters. The van der Waals surface area contributed by atoms with Crippen LogP contribution in [0.25, 0.3) is 0 Å². The minimum absolute atomic E-state index is 0.0506. The standard InChI is InChI=1S/C8H9F3O7S/c1-7(8(9,10)11,19(14,15)16)6(13)18-4-2-3-17-5(4)12/h4H,2-3H2,1H3,(H,14,15,16). The fourth-order valence-corrected chi connectivity index (χ4v) is 1.74. The Morgan fingerprint density at radius 3 is 2.32 bits per heavy atom. The molecule has 110 valence electrons. The molecule has 1 aliphatic rings. The maximum Gasteiger partial charge on any atom is 0.421 e. The van der Waals surface area contributed by atoms with Crippen LogP contribution in [0.4, 0.5) is 13.2 Å². The van der Waals surface area contributed by atoms with Crippen LogP contribution in [0.2, 0.25) is 0 Å². The highest BCUT2D eigenvalue weighted by atomic mass is 32.2. The van der Waals surface area contributed by atoms with Crippen molar-refractivity contribution in [2.24, 2.45) is 0 Å². The van der Waals surface area contributed by atoms with E-state index < -0.39 is 39.1 Å². The molecule has 0 saturated carbocycles. The fourth-order valence-electron chi connectivity index (χ4n) is 1.19. The summed E-state index contributed by atoms with van der Waals surface area (Å²) in [6.07, 6.45) is -7.42. The molecule has 0 bridgehead atoms. The molecule has 19 heavy (non-hydrogen) atoms. The minimum atomic E-state index is -5.83. The van der Waals surface area contributed by atoms with E-state index in [2.05, 4.69) is 9.47 Å². The third-order valence-electron chi connectivity index (χ3n) is 2.58. The molecule has 0 aliphatic carbocycles. The summed E-state index contributed by atoms with van der Waals surface area (Å²) in [5, 5.41) is 0. The number of carbonyl (C=O) groups is 2. The lowest BCUT2D eigenvalue weighted by atomic mass is 10.1. The summed E-state index contributed by atoms with van der Waals surface area (Å²) in [4.78, 5) is 22.3. The number of rotatable bonds is 3. The molecule has 0 radical (unpaired) electrons. The van der Waals surface area contributed by atoms with Crippen molar-refractivity contribution < 1.29 is 45.2 Å². The predicted molar refractivity (Wildman–Crippen MR) is 51.5 cm³/mol. The van der Waals surface area contributed by atoms with Gasteiger partial charge < -0.3 is 9.47 Å².